The smallest absolute Gasteiger partial charge is 0.324 e. The van der Waals surface area contributed by atoms with Crippen molar-refractivity contribution in [3.8, 4) is 22.6 Å². The third kappa shape index (κ3) is 6.13. The lowest BCUT2D eigenvalue weighted by molar-refractivity contribution is 0.116. The molecule has 0 unspecified atom stereocenters. The van der Waals surface area contributed by atoms with E-state index < -0.39 is 18.1 Å². The molecule has 218 valence electrons. The normalized spacial score (nSPS) is 13.8. The standard InChI is InChI=1S/C30H30F3N7O2/c1-35-26-9-8-20(14-23(26)17-34)19-4-3-5-24(15-19)40(30(41)39-12-10-38(2)11-13-39)18-22-7-6-21(16-25(22)31)28-36-37-29(42-28)27(32)33/h3-9,14-17,27,34-35H,10-13,18H2,1-2H3. The highest BCUT2D eigenvalue weighted by atomic mass is 19.3. The van der Waals surface area contributed by atoms with E-state index in [4.69, 9.17) is 9.83 Å². The Morgan fingerprint density at radius 2 is 1.79 bits per heavy atom. The molecule has 2 heterocycles. The summed E-state index contributed by atoms with van der Waals surface area (Å²) in [4.78, 5) is 19.3. The van der Waals surface area contributed by atoms with Gasteiger partial charge in [-0.2, -0.15) is 8.78 Å². The van der Waals surface area contributed by atoms with Gasteiger partial charge in [-0.3, -0.25) is 4.90 Å². The van der Waals surface area contributed by atoms with Crippen LogP contribution < -0.4 is 10.2 Å². The van der Waals surface area contributed by atoms with Gasteiger partial charge in [-0.25, -0.2) is 9.18 Å². The number of urea groups is 1. The fraction of sp³-hybridized carbons (Fsp3) is 0.267. The van der Waals surface area contributed by atoms with E-state index in [1.54, 1.807) is 18.0 Å². The minimum absolute atomic E-state index is 0.0721. The first-order chi connectivity index (χ1) is 20.3. The molecule has 0 radical (unpaired) electrons. The molecule has 1 saturated heterocycles. The van der Waals surface area contributed by atoms with Crippen molar-refractivity contribution >= 4 is 23.6 Å². The van der Waals surface area contributed by atoms with E-state index in [0.29, 0.717) is 18.8 Å². The molecule has 2 amide bonds. The molecule has 2 N–H and O–H groups in total. The van der Waals surface area contributed by atoms with Gasteiger partial charge in [0.05, 0.1) is 6.54 Å². The number of piperazine rings is 1. The Kier molecular flexibility index (Phi) is 8.53. The average Bonchev–Trinajstić information content (AvgIpc) is 3.51. The van der Waals surface area contributed by atoms with Gasteiger partial charge in [-0.15, -0.1) is 10.2 Å². The zero-order chi connectivity index (χ0) is 29.8. The van der Waals surface area contributed by atoms with Crippen molar-refractivity contribution in [2.24, 2.45) is 0 Å². The topological polar surface area (TPSA) is 102 Å². The summed E-state index contributed by atoms with van der Waals surface area (Å²) in [7, 11) is 3.79. The van der Waals surface area contributed by atoms with Crippen LogP contribution in [0.3, 0.4) is 0 Å². The second-order valence-electron chi connectivity index (χ2n) is 9.96. The average molecular weight is 578 g/mol. The van der Waals surface area contributed by atoms with Gasteiger partial charge in [0, 0.05) is 67.5 Å². The van der Waals surface area contributed by atoms with Crippen LogP contribution in [0.1, 0.15) is 23.4 Å². The highest BCUT2D eigenvalue weighted by Crippen LogP contribution is 2.31. The van der Waals surface area contributed by atoms with Crippen LogP contribution in [0.5, 0.6) is 0 Å². The van der Waals surface area contributed by atoms with E-state index in [1.807, 2.05) is 43.4 Å². The monoisotopic (exact) mass is 577 g/mol. The maximum absolute atomic E-state index is 15.4. The Hall–Kier alpha value is -4.71. The first kappa shape index (κ1) is 28.8. The number of rotatable bonds is 8. The Bertz CT molecular complexity index is 1580. The van der Waals surface area contributed by atoms with E-state index in [0.717, 1.165) is 41.5 Å². The summed E-state index contributed by atoms with van der Waals surface area (Å²) >= 11 is 0. The number of hydrogen-bond acceptors (Lipinski definition) is 7. The van der Waals surface area contributed by atoms with Crippen molar-refractivity contribution in [2.75, 3.05) is 50.5 Å². The number of nitrogens with one attached hydrogen (secondary N) is 2. The Morgan fingerprint density at radius 1 is 1.05 bits per heavy atom. The van der Waals surface area contributed by atoms with E-state index >= 15 is 4.39 Å². The molecule has 0 spiro atoms. The van der Waals surface area contributed by atoms with Crippen LogP contribution in [0, 0.1) is 11.2 Å². The first-order valence-electron chi connectivity index (χ1n) is 13.4. The number of benzene rings is 3. The summed E-state index contributed by atoms with van der Waals surface area (Å²) in [5, 5.41) is 17.7. The van der Waals surface area contributed by atoms with Crippen LogP contribution in [0.25, 0.3) is 22.6 Å². The van der Waals surface area contributed by atoms with Crippen molar-refractivity contribution in [3.05, 3.63) is 83.5 Å². The molecule has 0 bridgehead atoms. The second kappa shape index (κ2) is 12.4. The Labute approximate surface area is 241 Å². The fourth-order valence-electron chi connectivity index (χ4n) is 4.80. The van der Waals surface area contributed by atoms with Gasteiger partial charge in [-0.05, 0) is 54.6 Å². The molecule has 0 aliphatic carbocycles. The van der Waals surface area contributed by atoms with E-state index in [-0.39, 0.29) is 29.6 Å². The highest BCUT2D eigenvalue weighted by molar-refractivity contribution is 5.93. The van der Waals surface area contributed by atoms with Gasteiger partial charge in [0.25, 0.3) is 5.89 Å². The SMILES string of the molecule is CNc1ccc(-c2cccc(N(Cc3ccc(-c4nnc(C(F)F)o4)cc3F)C(=O)N3CCN(C)CC3)c2)cc1C=N. The van der Waals surface area contributed by atoms with Gasteiger partial charge < -0.3 is 24.9 Å². The minimum Gasteiger partial charge on any atom is -0.415 e. The largest absolute Gasteiger partial charge is 0.415 e. The summed E-state index contributed by atoms with van der Waals surface area (Å²) in [5.74, 6) is -1.70. The summed E-state index contributed by atoms with van der Waals surface area (Å²) in [6, 6.07) is 17.0. The first-order valence-corrected chi connectivity index (χ1v) is 13.4. The highest BCUT2D eigenvalue weighted by Gasteiger charge is 2.27. The molecule has 0 atom stereocenters. The molecule has 9 nitrogen and oxygen atoms in total. The van der Waals surface area contributed by atoms with Crippen molar-refractivity contribution in [1.82, 2.24) is 20.0 Å². The van der Waals surface area contributed by atoms with Gasteiger partial charge in [0.15, 0.2) is 0 Å². The number of alkyl halides is 2. The van der Waals surface area contributed by atoms with Crippen LogP contribution in [-0.4, -0.2) is 72.5 Å². The predicted molar refractivity (Wildman–Crippen MR) is 155 cm³/mol. The quantitative estimate of drug-likeness (QED) is 0.253. The fourth-order valence-corrected chi connectivity index (χ4v) is 4.80. The number of carbonyl (C=O) groups is 1. The van der Waals surface area contributed by atoms with Crippen LogP contribution >= 0.6 is 0 Å². The molecule has 12 heteroatoms. The van der Waals surface area contributed by atoms with Crippen molar-refractivity contribution in [2.45, 2.75) is 13.0 Å². The summed E-state index contributed by atoms with van der Waals surface area (Å²) in [6.07, 6.45) is -1.66. The molecule has 1 fully saturated rings. The number of halogens is 3. The number of aromatic nitrogens is 2. The van der Waals surface area contributed by atoms with Crippen molar-refractivity contribution < 1.29 is 22.4 Å². The van der Waals surface area contributed by atoms with Crippen LogP contribution in [-0.2, 0) is 6.54 Å². The number of amides is 2. The number of carbonyl (C=O) groups excluding carboxylic acids is 1. The Morgan fingerprint density at radius 3 is 2.45 bits per heavy atom. The third-order valence-corrected chi connectivity index (χ3v) is 7.23. The Balaban J connectivity index is 1.48. The number of likely N-dealkylation sites (N-methyl/N-ethyl adjacent to an activating group) is 1. The molecular weight excluding hydrogens is 547 g/mol. The van der Waals surface area contributed by atoms with Crippen LogP contribution in [0.15, 0.2) is 65.1 Å². The number of hydrogen-bond donors (Lipinski definition) is 2. The van der Waals surface area contributed by atoms with E-state index in [2.05, 4.69) is 20.4 Å². The molecule has 1 aliphatic heterocycles. The van der Waals surface area contributed by atoms with Crippen molar-refractivity contribution in [3.63, 3.8) is 0 Å². The third-order valence-electron chi connectivity index (χ3n) is 7.23. The second-order valence-corrected chi connectivity index (χ2v) is 9.96. The molecule has 4 aromatic rings. The summed E-state index contributed by atoms with van der Waals surface area (Å²) in [6.45, 7) is 2.43. The maximum atomic E-state index is 15.4. The molecule has 3 aromatic carbocycles. The molecular formula is C30H30F3N7O2. The molecule has 5 rings (SSSR count). The van der Waals surface area contributed by atoms with Crippen molar-refractivity contribution in [1.29, 1.82) is 5.41 Å². The maximum Gasteiger partial charge on any atom is 0.324 e. The van der Waals surface area contributed by atoms with E-state index in [9.17, 15) is 13.6 Å². The lowest BCUT2D eigenvalue weighted by atomic mass is 10.0. The zero-order valence-electron chi connectivity index (χ0n) is 23.2. The zero-order valence-corrected chi connectivity index (χ0v) is 23.2. The molecule has 42 heavy (non-hydrogen) atoms. The predicted octanol–water partition coefficient (Wildman–Crippen LogP) is 5.89. The van der Waals surface area contributed by atoms with Crippen LogP contribution in [0.4, 0.5) is 29.3 Å². The van der Waals surface area contributed by atoms with Gasteiger partial charge in [0.2, 0.25) is 5.89 Å². The van der Waals surface area contributed by atoms with Crippen LogP contribution in [0.2, 0.25) is 0 Å². The van der Waals surface area contributed by atoms with E-state index in [1.165, 1.54) is 23.2 Å². The van der Waals surface area contributed by atoms with Gasteiger partial charge in [0.1, 0.15) is 5.82 Å². The lowest BCUT2D eigenvalue weighted by Gasteiger charge is -2.36. The number of nitrogens with zero attached hydrogens (tertiary/aromatic N) is 5. The molecule has 0 saturated carbocycles. The lowest BCUT2D eigenvalue weighted by Crippen LogP contribution is -2.52. The molecule has 1 aromatic heterocycles. The van der Waals surface area contributed by atoms with Gasteiger partial charge >= 0.3 is 12.5 Å². The summed E-state index contributed by atoms with van der Waals surface area (Å²) < 4.78 is 46.1. The minimum atomic E-state index is -2.93. The van der Waals surface area contributed by atoms with Gasteiger partial charge in [-0.1, -0.05) is 24.3 Å². The number of anilines is 2. The molecule has 1 aliphatic rings. The summed E-state index contributed by atoms with van der Waals surface area (Å²) in [5.41, 5.74) is 4.19.